The van der Waals surface area contributed by atoms with Crippen molar-refractivity contribution < 1.29 is 13.2 Å². The third-order valence-electron chi connectivity index (χ3n) is 3.85. The van der Waals surface area contributed by atoms with Gasteiger partial charge in [-0.15, -0.1) is 0 Å². The summed E-state index contributed by atoms with van der Waals surface area (Å²) in [6, 6.07) is 5.50. The molecular formula is C14H20N2O3S. The van der Waals surface area contributed by atoms with Crippen molar-refractivity contribution in [3.8, 4) is 0 Å². The molecule has 0 aromatic heterocycles. The predicted octanol–water partition coefficient (Wildman–Crippen LogP) is 1.46. The number of anilines is 1. The maximum absolute atomic E-state index is 12.9. The molecule has 0 saturated carbocycles. The van der Waals surface area contributed by atoms with Gasteiger partial charge in [0.1, 0.15) is 0 Å². The van der Waals surface area contributed by atoms with E-state index in [0.717, 1.165) is 37.1 Å². The molecule has 6 heteroatoms. The van der Waals surface area contributed by atoms with Gasteiger partial charge in [-0.05, 0) is 37.0 Å². The van der Waals surface area contributed by atoms with E-state index < -0.39 is 10.0 Å². The first-order chi connectivity index (χ1) is 9.69. The molecule has 0 bridgehead atoms. The Morgan fingerprint density at radius 1 is 1.15 bits per heavy atom. The molecule has 1 saturated heterocycles. The van der Waals surface area contributed by atoms with Gasteiger partial charge in [0.15, 0.2) is 0 Å². The third-order valence-corrected chi connectivity index (χ3v) is 5.83. The summed E-state index contributed by atoms with van der Waals surface area (Å²) in [5.41, 5.74) is 1.90. The van der Waals surface area contributed by atoms with Crippen LogP contribution in [0.25, 0.3) is 0 Å². The van der Waals surface area contributed by atoms with Crippen LogP contribution in [0, 0.1) is 0 Å². The second kappa shape index (κ2) is 5.71. The molecule has 20 heavy (non-hydrogen) atoms. The van der Waals surface area contributed by atoms with Crippen molar-refractivity contribution in [1.82, 2.24) is 4.31 Å². The summed E-state index contributed by atoms with van der Waals surface area (Å²) in [6.07, 6.45) is 2.55. The molecule has 2 aliphatic heterocycles. The van der Waals surface area contributed by atoms with Crippen LogP contribution in [0.3, 0.4) is 0 Å². The number of hydrogen-bond acceptors (Lipinski definition) is 4. The van der Waals surface area contributed by atoms with Crippen molar-refractivity contribution in [3.63, 3.8) is 0 Å². The average molecular weight is 296 g/mol. The van der Waals surface area contributed by atoms with E-state index in [9.17, 15) is 8.42 Å². The summed E-state index contributed by atoms with van der Waals surface area (Å²) >= 11 is 0. The zero-order valence-corrected chi connectivity index (χ0v) is 12.3. The summed E-state index contributed by atoms with van der Waals surface area (Å²) in [4.78, 5) is 0.462. The predicted molar refractivity (Wildman–Crippen MR) is 77.4 cm³/mol. The van der Waals surface area contributed by atoms with Crippen LogP contribution < -0.4 is 5.32 Å². The molecule has 0 spiro atoms. The Labute approximate surface area is 120 Å². The van der Waals surface area contributed by atoms with Gasteiger partial charge in [0.2, 0.25) is 10.0 Å². The molecule has 0 unspecified atom stereocenters. The summed E-state index contributed by atoms with van der Waals surface area (Å²) in [6.45, 7) is 3.01. The van der Waals surface area contributed by atoms with Crippen LogP contribution in [0.4, 0.5) is 5.69 Å². The molecule has 3 rings (SSSR count). The molecule has 110 valence electrons. The quantitative estimate of drug-likeness (QED) is 0.897. The lowest BCUT2D eigenvalue weighted by Gasteiger charge is -2.25. The molecule has 0 radical (unpaired) electrons. The van der Waals surface area contributed by atoms with Crippen LogP contribution in [0.2, 0.25) is 0 Å². The van der Waals surface area contributed by atoms with E-state index in [2.05, 4.69) is 5.32 Å². The minimum absolute atomic E-state index is 0.444. The first-order valence-corrected chi connectivity index (χ1v) is 8.57. The zero-order valence-electron chi connectivity index (χ0n) is 11.5. The fourth-order valence-corrected chi connectivity index (χ4v) is 4.56. The summed E-state index contributed by atoms with van der Waals surface area (Å²) in [5.74, 6) is 0. The minimum Gasteiger partial charge on any atom is -0.385 e. The number of ether oxygens (including phenoxy) is 1. The van der Waals surface area contributed by atoms with E-state index in [1.807, 2.05) is 12.1 Å². The van der Waals surface area contributed by atoms with Crippen molar-refractivity contribution in [3.05, 3.63) is 23.8 Å². The summed E-state index contributed by atoms with van der Waals surface area (Å²) in [5, 5.41) is 3.28. The van der Waals surface area contributed by atoms with Crippen molar-refractivity contribution in [1.29, 1.82) is 0 Å². The van der Waals surface area contributed by atoms with Gasteiger partial charge in [0, 0.05) is 31.9 Å². The lowest BCUT2D eigenvalue weighted by atomic mass is 10.0. The smallest absolute Gasteiger partial charge is 0.243 e. The van der Waals surface area contributed by atoms with Crippen molar-refractivity contribution in [2.75, 3.05) is 38.2 Å². The number of nitrogens with one attached hydrogen (secondary N) is 1. The Morgan fingerprint density at radius 3 is 2.95 bits per heavy atom. The molecule has 0 aliphatic carbocycles. The fourth-order valence-electron chi connectivity index (χ4n) is 2.82. The van der Waals surface area contributed by atoms with E-state index in [0.29, 0.717) is 31.2 Å². The second-order valence-corrected chi connectivity index (χ2v) is 7.09. The zero-order chi connectivity index (χ0) is 14.0. The molecule has 2 aliphatic rings. The van der Waals surface area contributed by atoms with Gasteiger partial charge in [-0.3, -0.25) is 0 Å². The standard InChI is InChI=1S/C14H20N2O3S/c17-20(18,16-8-3-10-19-11-9-16)14-6-1-5-13-12(14)4-2-7-15-13/h1,5-6,15H,2-4,7-11H2. The van der Waals surface area contributed by atoms with E-state index in [1.54, 1.807) is 10.4 Å². The Bertz CT molecular complexity index is 578. The normalized spacial score (nSPS) is 20.8. The number of benzene rings is 1. The highest BCUT2D eigenvalue weighted by molar-refractivity contribution is 7.89. The molecular weight excluding hydrogens is 276 g/mol. The van der Waals surface area contributed by atoms with Gasteiger partial charge in [0.25, 0.3) is 0 Å². The number of hydrogen-bond donors (Lipinski definition) is 1. The monoisotopic (exact) mass is 296 g/mol. The Kier molecular flexibility index (Phi) is 3.96. The van der Waals surface area contributed by atoms with Crippen LogP contribution in [0.15, 0.2) is 23.1 Å². The highest BCUT2D eigenvalue weighted by Crippen LogP contribution is 2.30. The van der Waals surface area contributed by atoms with Crippen LogP contribution >= 0.6 is 0 Å². The van der Waals surface area contributed by atoms with Crippen LogP contribution in [-0.4, -0.2) is 45.6 Å². The molecule has 0 amide bonds. The topological polar surface area (TPSA) is 58.6 Å². The summed E-state index contributed by atoms with van der Waals surface area (Å²) < 4.78 is 32.6. The van der Waals surface area contributed by atoms with Crippen LogP contribution in [0.5, 0.6) is 0 Å². The molecule has 5 nitrogen and oxygen atoms in total. The first kappa shape index (κ1) is 13.9. The van der Waals surface area contributed by atoms with Gasteiger partial charge in [-0.25, -0.2) is 8.42 Å². The number of fused-ring (bicyclic) bond motifs is 1. The van der Waals surface area contributed by atoms with Crippen molar-refractivity contribution in [2.45, 2.75) is 24.2 Å². The van der Waals surface area contributed by atoms with Gasteiger partial charge in [-0.1, -0.05) is 6.07 Å². The first-order valence-electron chi connectivity index (χ1n) is 7.13. The van der Waals surface area contributed by atoms with Gasteiger partial charge >= 0.3 is 0 Å². The van der Waals surface area contributed by atoms with Gasteiger partial charge < -0.3 is 10.1 Å². The third kappa shape index (κ3) is 2.55. The largest absolute Gasteiger partial charge is 0.385 e. The summed E-state index contributed by atoms with van der Waals surface area (Å²) in [7, 11) is -3.41. The van der Waals surface area contributed by atoms with E-state index in [4.69, 9.17) is 4.74 Å². The number of nitrogens with zero attached hydrogens (tertiary/aromatic N) is 1. The van der Waals surface area contributed by atoms with E-state index in [-0.39, 0.29) is 0 Å². The molecule has 1 N–H and O–H groups in total. The van der Waals surface area contributed by atoms with E-state index in [1.165, 1.54) is 0 Å². The molecule has 2 heterocycles. The maximum atomic E-state index is 12.9. The number of rotatable bonds is 2. The lowest BCUT2D eigenvalue weighted by molar-refractivity contribution is 0.148. The van der Waals surface area contributed by atoms with Crippen LogP contribution in [-0.2, 0) is 21.2 Å². The average Bonchev–Trinajstić information content (AvgIpc) is 2.76. The van der Waals surface area contributed by atoms with Crippen molar-refractivity contribution in [2.24, 2.45) is 0 Å². The van der Waals surface area contributed by atoms with Gasteiger partial charge in [0.05, 0.1) is 11.5 Å². The molecule has 1 fully saturated rings. The second-order valence-electron chi connectivity index (χ2n) is 5.18. The van der Waals surface area contributed by atoms with Crippen molar-refractivity contribution >= 4 is 15.7 Å². The Morgan fingerprint density at radius 2 is 2.05 bits per heavy atom. The highest BCUT2D eigenvalue weighted by Gasteiger charge is 2.29. The molecule has 1 aromatic rings. The SMILES string of the molecule is O=S(=O)(c1cccc2c1CCCN2)N1CCCOCC1. The van der Waals surface area contributed by atoms with Crippen LogP contribution in [0.1, 0.15) is 18.4 Å². The minimum atomic E-state index is -3.41. The maximum Gasteiger partial charge on any atom is 0.243 e. The Balaban J connectivity index is 1.98. The number of sulfonamides is 1. The van der Waals surface area contributed by atoms with E-state index >= 15 is 0 Å². The van der Waals surface area contributed by atoms with Gasteiger partial charge in [-0.2, -0.15) is 4.31 Å². The molecule has 0 atom stereocenters. The lowest BCUT2D eigenvalue weighted by Crippen LogP contribution is -2.34. The highest BCUT2D eigenvalue weighted by atomic mass is 32.2. The molecule has 1 aromatic carbocycles. The Hall–Kier alpha value is -1.11. The fraction of sp³-hybridized carbons (Fsp3) is 0.571.